The molecule has 1 aliphatic rings. The molecule has 0 bridgehead atoms. The first kappa shape index (κ1) is 14.6. The van der Waals surface area contributed by atoms with Crippen LogP contribution in [-0.2, 0) is 4.74 Å². The van der Waals surface area contributed by atoms with E-state index < -0.39 is 6.09 Å². The smallest absolute Gasteiger partial charge is 0.427 e. The third kappa shape index (κ3) is 4.10. The van der Waals surface area contributed by atoms with E-state index in [4.69, 9.17) is 11.6 Å². The summed E-state index contributed by atoms with van der Waals surface area (Å²) in [6, 6.07) is 7.66. The van der Waals surface area contributed by atoms with Gasteiger partial charge in [-0.2, -0.15) is 5.10 Å². The van der Waals surface area contributed by atoms with Crippen molar-refractivity contribution < 1.29 is 9.53 Å². The molecule has 1 amide bonds. The molecular weight excluding hydrogens is 276 g/mol. The standard InChI is InChI=1S/C15H17ClN2O2/c1-20-15(19)18-17-14-5-3-2-4-12(14)10-11-6-8-13(16)9-7-11/h6-10H,2-5H2,1H3,(H,18,19)/b12-10-,17-14+. The molecule has 1 fully saturated rings. The average Bonchev–Trinajstić information content (AvgIpc) is 2.48. The van der Waals surface area contributed by atoms with Crippen LogP contribution in [0.2, 0.25) is 5.02 Å². The van der Waals surface area contributed by atoms with Gasteiger partial charge >= 0.3 is 6.09 Å². The first-order valence-electron chi connectivity index (χ1n) is 6.56. The van der Waals surface area contributed by atoms with Crippen molar-refractivity contribution >= 4 is 29.5 Å². The molecule has 0 spiro atoms. The number of carbonyl (C=O) groups excluding carboxylic acids is 1. The Kier molecular flexibility index (Phi) is 5.18. The van der Waals surface area contributed by atoms with E-state index in [1.165, 1.54) is 7.11 Å². The summed E-state index contributed by atoms with van der Waals surface area (Å²) < 4.78 is 4.52. The highest BCUT2D eigenvalue weighted by molar-refractivity contribution is 6.30. The predicted octanol–water partition coefficient (Wildman–Crippen LogP) is 4.01. The van der Waals surface area contributed by atoms with Gasteiger partial charge in [0.1, 0.15) is 0 Å². The van der Waals surface area contributed by atoms with Crippen LogP contribution in [0.15, 0.2) is 34.9 Å². The molecule has 106 valence electrons. The lowest BCUT2D eigenvalue weighted by Gasteiger charge is -2.16. The van der Waals surface area contributed by atoms with E-state index >= 15 is 0 Å². The number of rotatable bonds is 2. The molecule has 0 aliphatic heterocycles. The van der Waals surface area contributed by atoms with Gasteiger partial charge in [0.2, 0.25) is 0 Å². The highest BCUT2D eigenvalue weighted by Crippen LogP contribution is 2.23. The third-order valence-corrected chi connectivity index (χ3v) is 3.41. The molecule has 0 radical (unpaired) electrons. The van der Waals surface area contributed by atoms with E-state index in [0.29, 0.717) is 0 Å². The summed E-state index contributed by atoms with van der Waals surface area (Å²) in [4.78, 5) is 11.1. The Morgan fingerprint density at radius 3 is 2.70 bits per heavy atom. The van der Waals surface area contributed by atoms with Gasteiger partial charge in [-0.1, -0.05) is 23.7 Å². The van der Waals surface area contributed by atoms with Gasteiger partial charge in [0.25, 0.3) is 0 Å². The molecule has 1 aliphatic carbocycles. The van der Waals surface area contributed by atoms with E-state index in [1.807, 2.05) is 24.3 Å². The van der Waals surface area contributed by atoms with Gasteiger partial charge in [0, 0.05) is 5.02 Å². The van der Waals surface area contributed by atoms with Crippen LogP contribution >= 0.6 is 11.6 Å². The molecule has 4 nitrogen and oxygen atoms in total. The van der Waals surface area contributed by atoms with Gasteiger partial charge in [-0.25, -0.2) is 10.2 Å². The predicted molar refractivity (Wildman–Crippen MR) is 80.9 cm³/mol. The van der Waals surface area contributed by atoms with Crippen LogP contribution in [0.4, 0.5) is 4.79 Å². The highest BCUT2D eigenvalue weighted by atomic mass is 35.5. The van der Waals surface area contributed by atoms with Gasteiger partial charge in [0.05, 0.1) is 12.8 Å². The summed E-state index contributed by atoms with van der Waals surface area (Å²) in [5, 5.41) is 4.87. The quantitative estimate of drug-likeness (QED) is 0.837. The zero-order valence-corrected chi connectivity index (χ0v) is 12.1. The van der Waals surface area contributed by atoms with Gasteiger partial charge in [-0.05, 0) is 55.0 Å². The number of benzene rings is 1. The summed E-state index contributed by atoms with van der Waals surface area (Å²) in [7, 11) is 1.32. The molecule has 0 atom stereocenters. The fraction of sp³-hybridized carbons (Fsp3) is 0.333. The fourth-order valence-corrected chi connectivity index (χ4v) is 2.24. The fourth-order valence-electron chi connectivity index (χ4n) is 2.11. The monoisotopic (exact) mass is 292 g/mol. The highest BCUT2D eigenvalue weighted by Gasteiger charge is 2.14. The number of nitrogens with zero attached hydrogens (tertiary/aromatic N) is 1. The Balaban J connectivity index is 2.17. The number of hydrogen-bond donors (Lipinski definition) is 1. The Morgan fingerprint density at radius 2 is 2.00 bits per heavy atom. The van der Waals surface area contributed by atoms with E-state index in [0.717, 1.165) is 47.6 Å². The summed E-state index contributed by atoms with van der Waals surface area (Å²) in [5.41, 5.74) is 5.53. The molecule has 2 rings (SSSR count). The van der Waals surface area contributed by atoms with E-state index in [-0.39, 0.29) is 0 Å². The number of hydrogen-bond acceptors (Lipinski definition) is 3. The molecule has 1 saturated carbocycles. The second-order valence-electron chi connectivity index (χ2n) is 4.59. The van der Waals surface area contributed by atoms with Crippen molar-refractivity contribution in [1.29, 1.82) is 0 Å². The van der Waals surface area contributed by atoms with Crippen molar-refractivity contribution in [3.8, 4) is 0 Å². The van der Waals surface area contributed by atoms with Gasteiger partial charge in [-0.3, -0.25) is 0 Å². The summed E-state index contributed by atoms with van der Waals surface area (Å²) in [5.74, 6) is 0. The molecular formula is C15H17ClN2O2. The third-order valence-electron chi connectivity index (χ3n) is 3.16. The number of halogens is 1. The van der Waals surface area contributed by atoms with Crippen LogP contribution in [0.5, 0.6) is 0 Å². The van der Waals surface area contributed by atoms with Crippen molar-refractivity contribution in [2.24, 2.45) is 5.10 Å². The maximum Gasteiger partial charge on any atom is 0.427 e. The van der Waals surface area contributed by atoms with Crippen LogP contribution in [0.3, 0.4) is 0 Å². The van der Waals surface area contributed by atoms with E-state index in [1.54, 1.807) is 0 Å². The lowest BCUT2D eigenvalue weighted by atomic mass is 9.91. The number of ether oxygens (including phenoxy) is 1. The number of nitrogens with one attached hydrogen (secondary N) is 1. The second-order valence-corrected chi connectivity index (χ2v) is 5.03. The number of allylic oxidation sites excluding steroid dienone is 1. The number of carbonyl (C=O) groups is 1. The first-order valence-corrected chi connectivity index (χ1v) is 6.94. The van der Waals surface area contributed by atoms with Crippen LogP contribution in [0, 0.1) is 0 Å². The minimum Gasteiger partial charge on any atom is -0.452 e. The average molecular weight is 293 g/mol. The van der Waals surface area contributed by atoms with E-state index in [9.17, 15) is 4.79 Å². The minimum atomic E-state index is -0.547. The zero-order valence-electron chi connectivity index (χ0n) is 11.4. The van der Waals surface area contributed by atoms with Gasteiger partial charge in [-0.15, -0.1) is 0 Å². The minimum absolute atomic E-state index is 0.547. The molecule has 5 heteroatoms. The second kappa shape index (κ2) is 7.10. The topological polar surface area (TPSA) is 50.7 Å². The van der Waals surface area contributed by atoms with Crippen LogP contribution < -0.4 is 5.43 Å². The lowest BCUT2D eigenvalue weighted by Crippen LogP contribution is -2.21. The Hall–Kier alpha value is -1.81. The van der Waals surface area contributed by atoms with E-state index in [2.05, 4.69) is 21.3 Å². The molecule has 1 N–H and O–H groups in total. The van der Waals surface area contributed by atoms with Crippen molar-refractivity contribution in [2.45, 2.75) is 25.7 Å². The van der Waals surface area contributed by atoms with Crippen molar-refractivity contribution in [1.82, 2.24) is 5.43 Å². The number of methoxy groups -OCH3 is 1. The van der Waals surface area contributed by atoms with Crippen molar-refractivity contribution in [3.05, 3.63) is 40.4 Å². The summed E-state index contributed by atoms with van der Waals surface area (Å²) in [6.07, 6.45) is 5.59. The molecule has 20 heavy (non-hydrogen) atoms. The first-order chi connectivity index (χ1) is 9.69. The Labute approximate surface area is 123 Å². The van der Waals surface area contributed by atoms with Crippen molar-refractivity contribution in [3.63, 3.8) is 0 Å². The Morgan fingerprint density at radius 1 is 1.30 bits per heavy atom. The largest absolute Gasteiger partial charge is 0.452 e. The SMILES string of the molecule is COC(=O)N/N=C1\CCCC\C1=C\c1ccc(Cl)cc1. The van der Waals surface area contributed by atoms with Crippen LogP contribution in [-0.4, -0.2) is 18.9 Å². The zero-order chi connectivity index (χ0) is 14.4. The van der Waals surface area contributed by atoms with Crippen molar-refractivity contribution in [2.75, 3.05) is 7.11 Å². The number of hydrazone groups is 1. The lowest BCUT2D eigenvalue weighted by molar-refractivity contribution is 0.171. The van der Waals surface area contributed by atoms with Crippen LogP contribution in [0.25, 0.3) is 6.08 Å². The Bertz CT molecular complexity index is 535. The molecule has 1 aromatic rings. The van der Waals surface area contributed by atoms with Gasteiger partial charge < -0.3 is 4.74 Å². The summed E-state index contributed by atoms with van der Waals surface area (Å²) in [6.45, 7) is 0. The number of amides is 1. The summed E-state index contributed by atoms with van der Waals surface area (Å²) >= 11 is 5.88. The van der Waals surface area contributed by atoms with Gasteiger partial charge in [0.15, 0.2) is 0 Å². The molecule has 1 aromatic carbocycles. The molecule has 0 heterocycles. The normalized spacial score (nSPS) is 19.1. The molecule has 0 aromatic heterocycles. The molecule has 0 saturated heterocycles. The maximum absolute atomic E-state index is 11.1. The maximum atomic E-state index is 11.1. The molecule has 0 unspecified atom stereocenters. The van der Waals surface area contributed by atoms with Crippen LogP contribution in [0.1, 0.15) is 31.2 Å².